The summed E-state index contributed by atoms with van der Waals surface area (Å²) in [6.45, 7) is 0. The molecular weight excluding hydrogens is 387 g/mol. The number of halogens is 9. The van der Waals surface area contributed by atoms with Crippen LogP contribution in [-0.2, 0) is 18.5 Å². The number of hydrogen-bond donors (Lipinski definition) is 2. The highest BCUT2D eigenvalue weighted by Gasteiger charge is 2.38. The van der Waals surface area contributed by atoms with Crippen molar-refractivity contribution < 1.29 is 44.3 Å². The summed E-state index contributed by atoms with van der Waals surface area (Å²) in [5.41, 5.74) is -4.61. The Morgan fingerprint density at radius 2 is 1.35 bits per heavy atom. The standard InChI is InChI=1S/C12H5F9N4O/c13-10(14,15)5-1-4(2-6(3-5)11(16,17)18)7(26)22-9-23-8(24-25-9)12(19,20)21/h1-3H,(H2,22,23,24,25,26). The van der Waals surface area contributed by atoms with Crippen molar-refractivity contribution in [1.29, 1.82) is 0 Å². The van der Waals surface area contributed by atoms with Gasteiger partial charge in [0.1, 0.15) is 0 Å². The van der Waals surface area contributed by atoms with Crippen LogP contribution in [0.1, 0.15) is 27.3 Å². The molecule has 0 unspecified atom stereocenters. The highest BCUT2D eigenvalue weighted by atomic mass is 19.4. The summed E-state index contributed by atoms with van der Waals surface area (Å²) < 4.78 is 113. The lowest BCUT2D eigenvalue weighted by Crippen LogP contribution is -2.18. The van der Waals surface area contributed by atoms with E-state index in [1.54, 1.807) is 5.32 Å². The Balaban J connectivity index is 2.37. The van der Waals surface area contributed by atoms with E-state index in [1.165, 1.54) is 5.10 Å². The molecule has 142 valence electrons. The van der Waals surface area contributed by atoms with Gasteiger partial charge in [0.15, 0.2) is 0 Å². The number of alkyl halides is 9. The first-order valence-corrected chi connectivity index (χ1v) is 6.28. The largest absolute Gasteiger partial charge is 0.451 e. The molecule has 0 bridgehead atoms. The molecule has 0 aliphatic heterocycles. The topological polar surface area (TPSA) is 70.7 Å². The van der Waals surface area contributed by atoms with Crippen LogP contribution in [0.4, 0.5) is 45.5 Å². The molecule has 0 aliphatic carbocycles. The minimum absolute atomic E-state index is 0.113. The first-order chi connectivity index (χ1) is 11.7. The molecule has 5 nitrogen and oxygen atoms in total. The SMILES string of the molecule is O=C(Nc1n[nH]c(C(F)(F)F)n1)c1cc(C(F)(F)F)cc(C(F)(F)F)c1. The van der Waals surface area contributed by atoms with Crippen LogP contribution in [0.5, 0.6) is 0 Å². The Kier molecular flexibility index (Phi) is 4.64. The predicted octanol–water partition coefficient (Wildman–Crippen LogP) is 4.11. The molecule has 0 saturated heterocycles. The fourth-order valence-corrected chi connectivity index (χ4v) is 1.70. The van der Waals surface area contributed by atoms with Crippen molar-refractivity contribution in [2.45, 2.75) is 18.5 Å². The number of carbonyl (C=O) groups excluding carboxylic acids is 1. The zero-order chi connectivity index (χ0) is 19.9. The van der Waals surface area contributed by atoms with Gasteiger partial charge in [-0.2, -0.15) is 44.5 Å². The molecule has 14 heteroatoms. The van der Waals surface area contributed by atoms with E-state index in [9.17, 15) is 44.3 Å². The number of aromatic nitrogens is 3. The minimum Gasteiger partial charge on any atom is -0.289 e. The molecule has 2 aromatic rings. The Hall–Kier alpha value is -2.80. The molecule has 0 radical (unpaired) electrons. The number of benzene rings is 1. The average molecular weight is 392 g/mol. The van der Waals surface area contributed by atoms with Crippen molar-refractivity contribution in [3.63, 3.8) is 0 Å². The van der Waals surface area contributed by atoms with Crippen LogP contribution >= 0.6 is 0 Å². The van der Waals surface area contributed by atoms with Gasteiger partial charge in [0.2, 0.25) is 11.8 Å². The second-order valence-electron chi connectivity index (χ2n) is 4.75. The highest BCUT2D eigenvalue weighted by Crippen LogP contribution is 2.36. The summed E-state index contributed by atoms with van der Waals surface area (Å²) in [6.07, 6.45) is -15.3. The average Bonchev–Trinajstić information content (AvgIpc) is 2.93. The van der Waals surface area contributed by atoms with Crippen molar-refractivity contribution in [2.24, 2.45) is 0 Å². The minimum atomic E-state index is -5.19. The van der Waals surface area contributed by atoms with Crippen LogP contribution in [0, 0.1) is 0 Å². The third-order valence-electron chi connectivity index (χ3n) is 2.83. The van der Waals surface area contributed by atoms with Crippen molar-refractivity contribution in [2.75, 3.05) is 5.32 Å². The lowest BCUT2D eigenvalue weighted by atomic mass is 10.0. The fourth-order valence-electron chi connectivity index (χ4n) is 1.70. The molecule has 2 rings (SSSR count). The quantitative estimate of drug-likeness (QED) is 0.756. The van der Waals surface area contributed by atoms with Crippen molar-refractivity contribution >= 4 is 11.9 Å². The first-order valence-electron chi connectivity index (χ1n) is 6.28. The van der Waals surface area contributed by atoms with Crippen LogP contribution in [-0.4, -0.2) is 21.1 Å². The molecule has 1 aromatic heterocycles. The number of nitrogens with zero attached hydrogens (tertiary/aromatic N) is 2. The number of H-pyrrole nitrogens is 1. The Labute approximate surface area is 137 Å². The molecule has 0 aliphatic rings. The van der Waals surface area contributed by atoms with Crippen LogP contribution in [0.2, 0.25) is 0 Å². The van der Waals surface area contributed by atoms with Crippen LogP contribution < -0.4 is 5.32 Å². The van der Waals surface area contributed by atoms with E-state index in [4.69, 9.17) is 0 Å². The third kappa shape index (κ3) is 4.43. The predicted molar refractivity (Wildman–Crippen MR) is 65.8 cm³/mol. The summed E-state index contributed by atoms with van der Waals surface area (Å²) in [6, 6.07) is 0.0229. The molecule has 2 N–H and O–H groups in total. The molecule has 0 atom stereocenters. The summed E-state index contributed by atoms with van der Waals surface area (Å²) in [5.74, 6) is -4.16. The van der Waals surface area contributed by atoms with E-state index < -0.39 is 52.9 Å². The third-order valence-corrected chi connectivity index (χ3v) is 2.83. The number of anilines is 1. The van der Waals surface area contributed by atoms with Crippen LogP contribution in [0.25, 0.3) is 0 Å². The van der Waals surface area contributed by atoms with E-state index in [-0.39, 0.29) is 18.2 Å². The highest BCUT2D eigenvalue weighted by molar-refractivity contribution is 6.03. The van der Waals surface area contributed by atoms with Gasteiger partial charge in [0.25, 0.3) is 5.91 Å². The first kappa shape index (κ1) is 19.5. The van der Waals surface area contributed by atoms with Gasteiger partial charge in [0, 0.05) is 5.56 Å². The fraction of sp³-hybridized carbons (Fsp3) is 0.250. The zero-order valence-corrected chi connectivity index (χ0v) is 11.9. The van der Waals surface area contributed by atoms with Gasteiger partial charge in [-0.15, -0.1) is 5.10 Å². The number of nitrogens with one attached hydrogen (secondary N) is 2. The van der Waals surface area contributed by atoms with Gasteiger partial charge in [-0.05, 0) is 18.2 Å². The second kappa shape index (κ2) is 6.17. The number of hydrogen-bond acceptors (Lipinski definition) is 3. The van der Waals surface area contributed by atoms with Crippen LogP contribution in [0.15, 0.2) is 18.2 Å². The smallest absolute Gasteiger partial charge is 0.289 e. The summed E-state index contributed by atoms with van der Waals surface area (Å²) in [5, 5.41) is 5.95. The number of amides is 1. The molecular formula is C12H5F9N4O. The van der Waals surface area contributed by atoms with Gasteiger partial charge >= 0.3 is 18.5 Å². The Morgan fingerprint density at radius 1 is 0.846 bits per heavy atom. The van der Waals surface area contributed by atoms with E-state index in [0.717, 1.165) is 0 Å². The van der Waals surface area contributed by atoms with E-state index >= 15 is 0 Å². The molecule has 26 heavy (non-hydrogen) atoms. The van der Waals surface area contributed by atoms with Crippen molar-refractivity contribution in [3.05, 3.63) is 40.7 Å². The monoisotopic (exact) mass is 392 g/mol. The number of carbonyl (C=O) groups is 1. The summed E-state index contributed by atoms with van der Waals surface area (Å²) in [7, 11) is 0. The van der Waals surface area contributed by atoms with Crippen LogP contribution in [0.3, 0.4) is 0 Å². The Bertz CT molecular complexity index is 787. The van der Waals surface area contributed by atoms with Gasteiger partial charge in [0.05, 0.1) is 11.1 Å². The van der Waals surface area contributed by atoms with E-state index in [1.807, 2.05) is 0 Å². The lowest BCUT2D eigenvalue weighted by Gasteiger charge is -2.13. The van der Waals surface area contributed by atoms with Gasteiger partial charge < -0.3 is 0 Å². The molecule has 0 saturated carbocycles. The maximum Gasteiger partial charge on any atom is 0.451 e. The zero-order valence-electron chi connectivity index (χ0n) is 11.9. The number of rotatable bonds is 2. The Morgan fingerprint density at radius 3 is 1.73 bits per heavy atom. The van der Waals surface area contributed by atoms with Crippen molar-refractivity contribution in [3.8, 4) is 0 Å². The maximum atomic E-state index is 12.7. The van der Waals surface area contributed by atoms with Gasteiger partial charge in [-0.1, -0.05) is 0 Å². The van der Waals surface area contributed by atoms with E-state index in [0.29, 0.717) is 0 Å². The van der Waals surface area contributed by atoms with Gasteiger partial charge in [-0.3, -0.25) is 15.2 Å². The lowest BCUT2D eigenvalue weighted by molar-refractivity contribution is -0.145. The molecule has 1 amide bonds. The molecule has 1 aromatic carbocycles. The maximum absolute atomic E-state index is 12.7. The van der Waals surface area contributed by atoms with Crippen molar-refractivity contribution in [1.82, 2.24) is 15.2 Å². The second-order valence-corrected chi connectivity index (χ2v) is 4.75. The molecule has 1 heterocycles. The van der Waals surface area contributed by atoms with E-state index in [2.05, 4.69) is 10.1 Å². The molecule has 0 spiro atoms. The summed E-state index contributed by atoms with van der Waals surface area (Å²) in [4.78, 5) is 14.6. The summed E-state index contributed by atoms with van der Waals surface area (Å²) >= 11 is 0. The normalized spacial score (nSPS) is 13.0. The number of aromatic amines is 1. The molecule has 0 fully saturated rings. The van der Waals surface area contributed by atoms with Gasteiger partial charge in [-0.25, -0.2) is 0 Å².